The van der Waals surface area contributed by atoms with Crippen molar-refractivity contribution in [3.05, 3.63) is 70.0 Å². The normalized spacial score (nSPS) is 13.6. The number of rotatable bonds is 5. The first-order chi connectivity index (χ1) is 14.6. The van der Waals surface area contributed by atoms with Crippen molar-refractivity contribution in [1.29, 1.82) is 0 Å². The SMILES string of the molecule is CCCn1c(=O)c2ccccc2n2c(SCN3C(=O)c4ccccc4C3=O)nnc12. The van der Waals surface area contributed by atoms with Crippen LogP contribution in [-0.4, -0.2) is 41.8 Å². The van der Waals surface area contributed by atoms with Crippen molar-refractivity contribution < 1.29 is 9.59 Å². The molecule has 3 heterocycles. The summed E-state index contributed by atoms with van der Waals surface area (Å²) in [5, 5.41) is 9.58. The van der Waals surface area contributed by atoms with Gasteiger partial charge < -0.3 is 0 Å². The van der Waals surface area contributed by atoms with Gasteiger partial charge in [0.25, 0.3) is 17.4 Å². The summed E-state index contributed by atoms with van der Waals surface area (Å²) in [5.41, 5.74) is 1.41. The number of benzene rings is 2. The first-order valence-corrected chi connectivity index (χ1v) is 10.5. The predicted octanol–water partition coefficient (Wildman–Crippen LogP) is 2.80. The van der Waals surface area contributed by atoms with Crippen LogP contribution in [-0.2, 0) is 6.54 Å². The number of aromatic nitrogens is 4. The van der Waals surface area contributed by atoms with Crippen molar-refractivity contribution in [3.63, 3.8) is 0 Å². The fourth-order valence-electron chi connectivity index (χ4n) is 3.73. The second-order valence-electron chi connectivity index (χ2n) is 6.95. The molecule has 30 heavy (non-hydrogen) atoms. The molecule has 0 atom stereocenters. The molecule has 0 saturated heterocycles. The molecule has 1 aliphatic heterocycles. The monoisotopic (exact) mass is 419 g/mol. The van der Waals surface area contributed by atoms with Crippen LogP contribution in [0.15, 0.2) is 58.5 Å². The molecule has 2 amide bonds. The number of para-hydroxylation sites is 1. The number of thioether (sulfide) groups is 1. The van der Waals surface area contributed by atoms with Gasteiger partial charge in [-0.1, -0.05) is 43.0 Å². The van der Waals surface area contributed by atoms with E-state index in [1.54, 1.807) is 34.9 Å². The van der Waals surface area contributed by atoms with Gasteiger partial charge in [-0.3, -0.25) is 28.3 Å². The van der Waals surface area contributed by atoms with E-state index in [4.69, 9.17) is 0 Å². The van der Waals surface area contributed by atoms with Crippen LogP contribution < -0.4 is 5.56 Å². The van der Waals surface area contributed by atoms with Crippen LogP contribution in [0, 0.1) is 0 Å². The summed E-state index contributed by atoms with van der Waals surface area (Å²) in [6.45, 7) is 2.51. The smallest absolute Gasteiger partial charge is 0.262 e. The lowest BCUT2D eigenvalue weighted by Gasteiger charge is -2.13. The first kappa shape index (κ1) is 18.6. The zero-order valence-corrected chi connectivity index (χ0v) is 16.9. The van der Waals surface area contributed by atoms with E-state index in [1.807, 2.05) is 29.5 Å². The van der Waals surface area contributed by atoms with Crippen LogP contribution in [0.4, 0.5) is 0 Å². The maximum Gasteiger partial charge on any atom is 0.262 e. The molecule has 5 rings (SSSR count). The Morgan fingerprint density at radius 2 is 1.57 bits per heavy atom. The van der Waals surface area contributed by atoms with Gasteiger partial charge in [0.05, 0.1) is 27.9 Å². The summed E-state index contributed by atoms with van der Waals surface area (Å²) in [7, 11) is 0. The van der Waals surface area contributed by atoms with Gasteiger partial charge >= 0.3 is 0 Å². The Balaban J connectivity index is 1.56. The van der Waals surface area contributed by atoms with Crippen molar-refractivity contribution in [2.24, 2.45) is 0 Å². The van der Waals surface area contributed by atoms with E-state index in [1.165, 1.54) is 16.7 Å². The number of carbonyl (C=O) groups is 2. The summed E-state index contributed by atoms with van der Waals surface area (Å²) < 4.78 is 3.43. The first-order valence-electron chi connectivity index (χ1n) is 9.56. The molecule has 9 heteroatoms. The van der Waals surface area contributed by atoms with E-state index in [0.717, 1.165) is 6.42 Å². The Kier molecular flexibility index (Phi) is 4.39. The lowest BCUT2D eigenvalue weighted by Crippen LogP contribution is -2.29. The van der Waals surface area contributed by atoms with E-state index in [0.29, 0.717) is 39.5 Å². The van der Waals surface area contributed by atoms with E-state index >= 15 is 0 Å². The second-order valence-corrected chi connectivity index (χ2v) is 7.86. The number of nitrogens with zero attached hydrogens (tertiary/aromatic N) is 5. The lowest BCUT2D eigenvalue weighted by atomic mass is 10.1. The summed E-state index contributed by atoms with van der Waals surface area (Å²) >= 11 is 1.24. The van der Waals surface area contributed by atoms with Gasteiger partial charge in [0.2, 0.25) is 5.78 Å². The third-order valence-electron chi connectivity index (χ3n) is 5.13. The third kappa shape index (κ3) is 2.66. The number of carbonyl (C=O) groups excluding carboxylic acids is 2. The number of hydrogen-bond acceptors (Lipinski definition) is 6. The van der Waals surface area contributed by atoms with Crippen LogP contribution in [0.2, 0.25) is 0 Å². The topological polar surface area (TPSA) is 89.6 Å². The number of imide groups is 1. The van der Waals surface area contributed by atoms with Gasteiger partial charge in [0.15, 0.2) is 5.16 Å². The molecule has 0 bridgehead atoms. The maximum atomic E-state index is 12.9. The standard InChI is InChI=1S/C21H17N5O3S/c1-2-11-24-19(29)15-9-5-6-10-16(15)26-20(24)22-23-21(26)30-12-25-17(27)13-7-3-4-8-14(13)18(25)28/h3-10H,2,11-12H2,1H3. The van der Waals surface area contributed by atoms with Gasteiger partial charge in [-0.05, 0) is 30.7 Å². The Hall–Kier alpha value is -3.46. The van der Waals surface area contributed by atoms with Gasteiger partial charge in [0, 0.05) is 6.54 Å². The molecule has 0 radical (unpaired) electrons. The van der Waals surface area contributed by atoms with Crippen molar-refractivity contribution in [2.75, 3.05) is 5.88 Å². The van der Waals surface area contributed by atoms with E-state index in [2.05, 4.69) is 10.2 Å². The van der Waals surface area contributed by atoms with Gasteiger partial charge in [0.1, 0.15) is 0 Å². The highest BCUT2D eigenvalue weighted by Crippen LogP contribution is 2.27. The Bertz CT molecular complexity index is 1360. The number of fused-ring (bicyclic) bond motifs is 4. The number of aryl methyl sites for hydroxylation is 1. The van der Waals surface area contributed by atoms with Gasteiger partial charge in [-0.2, -0.15) is 0 Å². The highest BCUT2D eigenvalue weighted by Gasteiger charge is 2.35. The second kappa shape index (κ2) is 7.10. The van der Waals surface area contributed by atoms with Crippen molar-refractivity contribution >= 4 is 40.3 Å². The molecule has 150 valence electrons. The average Bonchev–Trinajstić information content (AvgIpc) is 3.30. The molecule has 0 aliphatic carbocycles. The molecule has 2 aromatic heterocycles. The van der Waals surface area contributed by atoms with Crippen LogP contribution in [0.1, 0.15) is 34.1 Å². The van der Waals surface area contributed by atoms with Crippen LogP contribution in [0.3, 0.4) is 0 Å². The molecule has 8 nitrogen and oxygen atoms in total. The van der Waals surface area contributed by atoms with E-state index in [-0.39, 0.29) is 23.3 Å². The maximum absolute atomic E-state index is 12.9. The summed E-state index contributed by atoms with van der Waals surface area (Å²) in [6.07, 6.45) is 0.776. The minimum Gasteiger partial charge on any atom is -0.276 e. The van der Waals surface area contributed by atoms with Crippen LogP contribution >= 0.6 is 11.8 Å². The van der Waals surface area contributed by atoms with E-state index < -0.39 is 0 Å². The number of hydrogen-bond donors (Lipinski definition) is 0. The highest BCUT2D eigenvalue weighted by atomic mass is 32.2. The van der Waals surface area contributed by atoms with Crippen molar-refractivity contribution in [3.8, 4) is 0 Å². The fourth-order valence-corrected chi connectivity index (χ4v) is 4.62. The molecule has 0 fully saturated rings. The Morgan fingerprint density at radius 1 is 0.900 bits per heavy atom. The minimum absolute atomic E-state index is 0.106. The molecule has 0 N–H and O–H groups in total. The molecular formula is C21H17N5O3S. The molecule has 2 aromatic carbocycles. The highest BCUT2D eigenvalue weighted by molar-refractivity contribution is 7.99. The molecule has 0 saturated carbocycles. The average molecular weight is 419 g/mol. The predicted molar refractivity (Wildman–Crippen MR) is 113 cm³/mol. The lowest BCUT2D eigenvalue weighted by molar-refractivity contribution is 0.0684. The van der Waals surface area contributed by atoms with Crippen molar-refractivity contribution in [1.82, 2.24) is 24.1 Å². The molecule has 1 aliphatic rings. The van der Waals surface area contributed by atoms with E-state index in [9.17, 15) is 14.4 Å². The van der Waals surface area contributed by atoms with Gasteiger partial charge in [-0.15, -0.1) is 10.2 Å². The Morgan fingerprint density at radius 3 is 2.27 bits per heavy atom. The van der Waals surface area contributed by atoms with Crippen LogP contribution in [0.5, 0.6) is 0 Å². The third-order valence-corrected chi connectivity index (χ3v) is 6.04. The zero-order valence-electron chi connectivity index (χ0n) is 16.1. The summed E-state index contributed by atoms with van der Waals surface area (Å²) in [6, 6.07) is 14.1. The summed E-state index contributed by atoms with van der Waals surface area (Å²) in [5.74, 6) is -0.0753. The largest absolute Gasteiger partial charge is 0.276 e. The van der Waals surface area contributed by atoms with Crippen molar-refractivity contribution in [2.45, 2.75) is 25.0 Å². The molecule has 0 unspecified atom stereocenters. The summed E-state index contributed by atoms with van der Waals surface area (Å²) in [4.78, 5) is 39.4. The number of amides is 2. The minimum atomic E-state index is -0.315. The Labute approximate surface area is 175 Å². The quantitative estimate of drug-likeness (QED) is 0.365. The fraction of sp³-hybridized carbons (Fsp3) is 0.190. The molecule has 4 aromatic rings. The van der Waals surface area contributed by atoms with Crippen LogP contribution in [0.25, 0.3) is 16.7 Å². The molecular weight excluding hydrogens is 402 g/mol. The van der Waals surface area contributed by atoms with Gasteiger partial charge in [-0.25, -0.2) is 0 Å². The molecule has 0 spiro atoms. The zero-order chi connectivity index (χ0) is 20.8.